The zero-order valence-electron chi connectivity index (χ0n) is 15.2. The minimum absolute atomic E-state index is 0.106. The first-order valence-electron chi connectivity index (χ1n) is 8.93. The van der Waals surface area contributed by atoms with Gasteiger partial charge in [-0.25, -0.2) is 0 Å². The Hall–Kier alpha value is -2.66. The summed E-state index contributed by atoms with van der Waals surface area (Å²) in [6.45, 7) is 4.21. The van der Waals surface area contributed by atoms with Gasteiger partial charge >= 0.3 is 0 Å². The Morgan fingerprint density at radius 3 is 2.27 bits per heavy atom. The van der Waals surface area contributed by atoms with Gasteiger partial charge in [0.05, 0.1) is 0 Å². The highest BCUT2D eigenvalue weighted by Crippen LogP contribution is 2.28. The lowest BCUT2D eigenvalue weighted by Gasteiger charge is -2.20. The predicted octanol–water partition coefficient (Wildman–Crippen LogP) is 3.14. The van der Waals surface area contributed by atoms with Gasteiger partial charge in [0.25, 0.3) is 0 Å². The van der Waals surface area contributed by atoms with Gasteiger partial charge in [-0.2, -0.15) is 0 Å². The second-order valence-corrected chi connectivity index (χ2v) is 6.95. The first-order chi connectivity index (χ1) is 12.4. The van der Waals surface area contributed by atoms with Crippen molar-refractivity contribution in [1.82, 2.24) is 4.90 Å². The van der Waals surface area contributed by atoms with E-state index in [1.165, 1.54) is 0 Å². The molecule has 2 aromatic carbocycles. The van der Waals surface area contributed by atoms with Crippen molar-refractivity contribution in [2.45, 2.75) is 45.3 Å². The molecule has 2 aromatic rings. The Balaban J connectivity index is 1.60. The molecule has 26 heavy (non-hydrogen) atoms. The topological polar surface area (TPSA) is 75.4 Å². The molecule has 0 bridgehead atoms. The monoisotopic (exact) mass is 351 g/mol. The number of anilines is 1. The van der Waals surface area contributed by atoms with Crippen molar-refractivity contribution in [3.05, 3.63) is 65.2 Å². The van der Waals surface area contributed by atoms with Gasteiger partial charge < -0.3 is 16.0 Å². The number of carbonyl (C=O) groups is 2. The highest BCUT2D eigenvalue weighted by Gasteiger charge is 2.30. The maximum absolute atomic E-state index is 12.4. The van der Waals surface area contributed by atoms with E-state index < -0.39 is 6.04 Å². The van der Waals surface area contributed by atoms with E-state index in [0.717, 1.165) is 29.5 Å². The number of nitrogens with two attached hydrogens (primary N) is 1. The smallest absolute Gasteiger partial charge is 0.245 e. The van der Waals surface area contributed by atoms with Crippen molar-refractivity contribution in [3.8, 4) is 0 Å². The third kappa shape index (κ3) is 4.49. The fourth-order valence-electron chi connectivity index (χ4n) is 2.92. The summed E-state index contributed by atoms with van der Waals surface area (Å²) in [6.07, 6.45) is 2.18. The molecule has 0 aliphatic heterocycles. The van der Waals surface area contributed by atoms with Crippen molar-refractivity contribution in [2.24, 2.45) is 5.73 Å². The van der Waals surface area contributed by atoms with Crippen LogP contribution in [0.1, 0.15) is 42.5 Å². The van der Waals surface area contributed by atoms with Crippen LogP contribution in [0.3, 0.4) is 0 Å². The molecule has 2 amide bonds. The fourth-order valence-corrected chi connectivity index (χ4v) is 2.92. The summed E-state index contributed by atoms with van der Waals surface area (Å²) in [5, 5.41) is 2.85. The van der Waals surface area contributed by atoms with E-state index in [1.54, 1.807) is 6.92 Å². The minimum atomic E-state index is -0.710. The van der Waals surface area contributed by atoms with Gasteiger partial charge in [0.1, 0.15) is 6.04 Å². The van der Waals surface area contributed by atoms with Crippen LogP contribution in [0.2, 0.25) is 0 Å². The Morgan fingerprint density at radius 1 is 1.12 bits per heavy atom. The molecule has 1 saturated carbocycles. The molecular formula is C21H25N3O2. The van der Waals surface area contributed by atoms with E-state index in [0.29, 0.717) is 18.3 Å². The summed E-state index contributed by atoms with van der Waals surface area (Å²) in [7, 11) is 0. The normalized spacial score (nSPS) is 14.6. The zero-order valence-corrected chi connectivity index (χ0v) is 15.2. The number of hydrogen-bond acceptors (Lipinski definition) is 3. The molecule has 1 fully saturated rings. The molecule has 0 spiro atoms. The highest BCUT2D eigenvalue weighted by molar-refractivity contribution is 5.95. The zero-order chi connectivity index (χ0) is 18.7. The predicted molar refractivity (Wildman–Crippen MR) is 102 cm³/mol. The second-order valence-electron chi connectivity index (χ2n) is 6.95. The summed E-state index contributed by atoms with van der Waals surface area (Å²) < 4.78 is 0. The van der Waals surface area contributed by atoms with Gasteiger partial charge in [0.2, 0.25) is 11.8 Å². The van der Waals surface area contributed by atoms with E-state index in [-0.39, 0.29) is 11.8 Å². The Morgan fingerprint density at radius 2 is 1.73 bits per heavy atom. The molecule has 136 valence electrons. The second kappa shape index (κ2) is 7.70. The van der Waals surface area contributed by atoms with Crippen LogP contribution in [0, 0.1) is 6.92 Å². The molecule has 0 heterocycles. The van der Waals surface area contributed by atoms with E-state index in [1.807, 2.05) is 60.4 Å². The number of amides is 2. The first kappa shape index (κ1) is 18.1. The van der Waals surface area contributed by atoms with Gasteiger partial charge in [-0.05, 0) is 43.0 Å². The summed E-state index contributed by atoms with van der Waals surface area (Å²) in [6, 6.07) is 14.9. The molecular weight excluding hydrogens is 326 g/mol. The number of hydrogen-bond donors (Lipinski definition) is 2. The number of nitrogens with zero attached hydrogens (tertiary/aromatic N) is 1. The van der Waals surface area contributed by atoms with Crippen LogP contribution in [-0.2, 0) is 16.1 Å². The summed E-state index contributed by atoms with van der Waals surface area (Å²) in [5.41, 5.74) is 9.71. The molecule has 3 rings (SSSR count). The van der Waals surface area contributed by atoms with Crippen LogP contribution >= 0.6 is 0 Å². The molecule has 0 radical (unpaired) electrons. The number of rotatable bonds is 6. The molecule has 0 aromatic heterocycles. The van der Waals surface area contributed by atoms with Gasteiger partial charge in [-0.3, -0.25) is 9.59 Å². The third-order valence-corrected chi connectivity index (χ3v) is 4.69. The molecule has 3 N–H and O–H groups in total. The number of aryl methyl sites for hydroxylation is 1. The molecule has 5 heteroatoms. The van der Waals surface area contributed by atoms with Crippen molar-refractivity contribution in [1.29, 1.82) is 0 Å². The Bertz CT molecular complexity index is 780. The maximum atomic E-state index is 12.4. The van der Waals surface area contributed by atoms with Crippen LogP contribution in [0.5, 0.6) is 0 Å². The van der Waals surface area contributed by atoms with Gasteiger partial charge in [-0.1, -0.05) is 42.0 Å². The molecule has 1 aliphatic carbocycles. The summed E-state index contributed by atoms with van der Waals surface area (Å²) >= 11 is 0. The third-order valence-electron chi connectivity index (χ3n) is 4.69. The van der Waals surface area contributed by atoms with Crippen molar-refractivity contribution >= 4 is 17.5 Å². The molecule has 1 aliphatic rings. The maximum Gasteiger partial charge on any atom is 0.245 e. The van der Waals surface area contributed by atoms with Gasteiger partial charge in [-0.15, -0.1) is 0 Å². The fraction of sp³-hybridized carbons (Fsp3) is 0.333. The lowest BCUT2D eigenvalue weighted by molar-refractivity contribution is -0.130. The van der Waals surface area contributed by atoms with Crippen LogP contribution in [0.4, 0.5) is 5.69 Å². The SMILES string of the molecule is CC(=O)N(Cc1ccc(NC(=O)C(N)c2ccc(C)cc2)cc1)C1CC1. The summed E-state index contributed by atoms with van der Waals surface area (Å²) in [5.74, 6) is -0.140. The summed E-state index contributed by atoms with van der Waals surface area (Å²) in [4.78, 5) is 26.0. The van der Waals surface area contributed by atoms with E-state index in [2.05, 4.69) is 5.32 Å². The van der Waals surface area contributed by atoms with Crippen molar-refractivity contribution < 1.29 is 9.59 Å². The van der Waals surface area contributed by atoms with Crippen LogP contribution in [0.25, 0.3) is 0 Å². The van der Waals surface area contributed by atoms with E-state index >= 15 is 0 Å². The van der Waals surface area contributed by atoms with Gasteiger partial charge in [0, 0.05) is 25.2 Å². The Kier molecular flexibility index (Phi) is 5.38. The van der Waals surface area contributed by atoms with Crippen molar-refractivity contribution in [2.75, 3.05) is 5.32 Å². The highest BCUT2D eigenvalue weighted by atomic mass is 16.2. The minimum Gasteiger partial charge on any atom is -0.336 e. The lowest BCUT2D eigenvalue weighted by atomic mass is 10.1. The molecule has 1 atom stereocenters. The average molecular weight is 351 g/mol. The van der Waals surface area contributed by atoms with Gasteiger partial charge in [0.15, 0.2) is 0 Å². The first-order valence-corrected chi connectivity index (χ1v) is 8.93. The molecule has 1 unspecified atom stereocenters. The standard InChI is InChI=1S/C21H25N3O2/c1-14-3-7-17(8-4-14)20(22)21(26)23-18-9-5-16(6-10-18)13-24(15(2)25)19-11-12-19/h3-10,19-20H,11-13,22H2,1-2H3,(H,23,26). The van der Waals surface area contributed by atoms with E-state index in [4.69, 9.17) is 5.73 Å². The number of carbonyl (C=O) groups excluding carboxylic acids is 2. The number of nitrogens with one attached hydrogen (secondary N) is 1. The Labute approximate surface area is 154 Å². The lowest BCUT2D eigenvalue weighted by Crippen LogP contribution is -2.30. The average Bonchev–Trinajstić information content (AvgIpc) is 3.45. The molecule has 5 nitrogen and oxygen atoms in total. The van der Waals surface area contributed by atoms with Crippen molar-refractivity contribution in [3.63, 3.8) is 0 Å². The quantitative estimate of drug-likeness (QED) is 0.839. The molecule has 0 saturated heterocycles. The van der Waals surface area contributed by atoms with E-state index in [9.17, 15) is 9.59 Å². The number of benzene rings is 2. The van der Waals surface area contributed by atoms with Crippen LogP contribution < -0.4 is 11.1 Å². The van der Waals surface area contributed by atoms with Crippen LogP contribution in [-0.4, -0.2) is 22.8 Å². The largest absolute Gasteiger partial charge is 0.336 e. The van der Waals surface area contributed by atoms with Crippen LogP contribution in [0.15, 0.2) is 48.5 Å².